The van der Waals surface area contributed by atoms with E-state index in [1.807, 2.05) is 0 Å². The molecule has 0 atom stereocenters. The van der Waals surface area contributed by atoms with Gasteiger partial charge in [-0.2, -0.15) is 0 Å². The fraction of sp³-hybridized carbons (Fsp3) is 0.364. The van der Waals surface area contributed by atoms with Crippen molar-refractivity contribution < 1.29 is 13.6 Å². The second-order valence-corrected chi connectivity index (χ2v) is 4.55. The molecule has 5 heteroatoms. The van der Waals surface area contributed by atoms with Crippen molar-refractivity contribution in [2.75, 3.05) is 5.33 Å². The maximum Gasteiger partial charge on any atom is 0.254 e. The summed E-state index contributed by atoms with van der Waals surface area (Å²) in [4.78, 5) is 11.7. The second-order valence-electron chi connectivity index (χ2n) is 3.99. The highest BCUT2D eigenvalue weighted by molar-refractivity contribution is 9.09. The van der Waals surface area contributed by atoms with E-state index in [1.54, 1.807) is 0 Å². The molecule has 1 aromatic carbocycles. The highest BCUT2D eigenvalue weighted by Crippen LogP contribution is 2.37. The lowest BCUT2D eigenvalue weighted by molar-refractivity contribution is 0.0932. The van der Waals surface area contributed by atoms with Gasteiger partial charge in [-0.1, -0.05) is 15.9 Å². The van der Waals surface area contributed by atoms with E-state index in [-0.39, 0.29) is 11.1 Å². The molecule has 0 heterocycles. The number of rotatable bonds is 3. The second kappa shape index (κ2) is 4.13. The van der Waals surface area contributed by atoms with E-state index >= 15 is 0 Å². The van der Waals surface area contributed by atoms with Crippen molar-refractivity contribution in [3.8, 4) is 0 Å². The molecule has 0 aliphatic heterocycles. The first kappa shape index (κ1) is 11.5. The summed E-state index contributed by atoms with van der Waals surface area (Å²) in [7, 11) is 0. The van der Waals surface area contributed by atoms with Gasteiger partial charge in [0, 0.05) is 5.33 Å². The Balaban J connectivity index is 2.17. The van der Waals surface area contributed by atoms with Crippen LogP contribution in [0.1, 0.15) is 23.2 Å². The summed E-state index contributed by atoms with van der Waals surface area (Å²) < 4.78 is 26.2. The fourth-order valence-electron chi connectivity index (χ4n) is 1.42. The van der Waals surface area contributed by atoms with Gasteiger partial charge >= 0.3 is 0 Å². The van der Waals surface area contributed by atoms with Gasteiger partial charge in [0.25, 0.3) is 5.91 Å². The molecule has 0 unspecified atom stereocenters. The van der Waals surface area contributed by atoms with Gasteiger partial charge in [-0.3, -0.25) is 4.79 Å². The van der Waals surface area contributed by atoms with Crippen molar-refractivity contribution in [3.05, 3.63) is 35.4 Å². The molecular weight excluding hydrogens is 280 g/mol. The predicted molar refractivity (Wildman–Crippen MR) is 59.6 cm³/mol. The average Bonchev–Trinajstić information content (AvgIpc) is 3.02. The molecule has 1 N–H and O–H groups in total. The van der Waals surface area contributed by atoms with Gasteiger partial charge < -0.3 is 5.32 Å². The minimum atomic E-state index is -0.704. The molecule has 2 rings (SSSR count). The van der Waals surface area contributed by atoms with Crippen molar-refractivity contribution in [2.24, 2.45) is 0 Å². The molecule has 1 aromatic rings. The predicted octanol–water partition coefficient (Wildman–Crippen LogP) is 2.62. The molecule has 1 aliphatic carbocycles. The highest BCUT2D eigenvalue weighted by atomic mass is 79.9. The molecule has 0 radical (unpaired) electrons. The Kier molecular flexibility index (Phi) is 2.97. The summed E-state index contributed by atoms with van der Waals surface area (Å²) in [5, 5.41) is 3.34. The normalized spacial score (nSPS) is 16.9. The Bertz CT molecular complexity index is 432. The zero-order valence-corrected chi connectivity index (χ0v) is 9.98. The molecule has 2 nitrogen and oxygen atoms in total. The lowest BCUT2D eigenvalue weighted by atomic mass is 10.1. The van der Waals surface area contributed by atoms with E-state index in [9.17, 15) is 13.6 Å². The Morgan fingerprint density at radius 1 is 1.44 bits per heavy atom. The van der Waals surface area contributed by atoms with Crippen molar-refractivity contribution in [3.63, 3.8) is 0 Å². The molecule has 0 aromatic heterocycles. The number of alkyl halides is 1. The minimum Gasteiger partial charge on any atom is -0.346 e. The molecule has 16 heavy (non-hydrogen) atoms. The molecule has 1 amide bonds. The van der Waals surface area contributed by atoms with Crippen LogP contribution in [0.2, 0.25) is 0 Å². The molecular formula is C11H10BrF2NO. The molecule has 1 fully saturated rings. The van der Waals surface area contributed by atoms with E-state index in [2.05, 4.69) is 21.2 Å². The number of halogens is 3. The summed E-state index contributed by atoms with van der Waals surface area (Å²) in [5.41, 5.74) is -0.511. The van der Waals surface area contributed by atoms with Crippen LogP contribution in [0.3, 0.4) is 0 Å². The number of amides is 1. The monoisotopic (exact) mass is 289 g/mol. The zero-order chi connectivity index (χ0) is 11.8. The van der Waals surface area contributed by atoms with E-state index in [4.69, 9.17) is 0 Å². The SMILES string of the molecule is O=C(NC1(CBr)CC1)c1cc(F)ccc1F. The number of benzene rings is 1. The lowest BCUT2D eigenvalue weighted by Crippen LogP contribution is -2.38. The van der Waals surface area contributed by atoms with E-state index in [0.717, 1.165) is 31.0 Å². The first-order chi connectivity index (χ1) is 7.56. The highest BCUT2D eigenvalue weighted by Gasteiger charge is 2.43. The third-order valence-electron chi connectivity index (χ3n) is 2.66. The topological polar surface area (TPSA) is 29.1 Å². The lowest BCUT2D eigenvalue weighted by Gasteiger charge is -2.14. The van der Waals surface area contributed by atoms with Crippen molar-refractivity contribution >= 4 is 21.8 Å². The van der Waals surface area contributed by atoms with Gasteiger partial charge in [-0.15, -0.1) is 0 Å². The van der Waals surface area contributed by atoms with Crippen molar-refractivity contribution in [2.45, 2.75) is 18.4 Å². The number of carbonyl (C=O) groups is 1. The van der Waals surface area contributed by atoms with Crippen LogP contribution in [-0.4, -0.2) is 16.8 Å². The largest absolute Gasteiger partial charge is 0.346 e. The molecule has 0 bridgehead atoms. The number of carbonyl (C=O) groups excluding carboxylic acids is 1. The Morgan fingerprint density at radius 2 is 2.12 bits per heavy atom. The van der Waals surface area contributed by atoms with Crippen molar-refractivity contribution in [1.82, 2.24) is 5.32 Å². The van der Waals surface area contributed by atoms with E-state index in [1.165, 1.54) is 0 Å². The quantitative estimate of drug-likeness (QED) is 0.852. The van der Waals surface area contributed by atoms with E-state index in [0.29, 0.717) is 5.33 Å². The fourth-order valence-corrected chi connectivity index (χ4v) is 2.12. The van der Waals surface area contributed by atoms with Crippen LogP contribution in [-0.2, 0) is 0 Å². The molecule has 86 valence electrons. The number of hydrogen-bond donors (Lipinski definition) is 1. The van der Waals surface area contributed by atoms with Gasteiger partial charge in [-0.05, 0) is 31.0 Å². The molecule has 0 spiro atoms. The minimum absolute atomic E-state index is 0.243. The van der Waals surface area contributed by atoms with Gasteiger partial charge in [0.1, 0.15) is 11.6 Å². The third-order valence-corrected chi connectivity index (χ3v) is 3.73. The number of nitrogens with one attached hydrogen (secondary N) is 1. The number of hydrogen-bond acceptors (Lipinski definition) is 1. The third kappa shape index (κ3) is 2.24. The van der Waals surface area contributed by atoms with Gasteiger partial charge in [0.2, 0.25) is 0 Å². The smallest absolute Gasteiger partial charge is 0.254 e. The van der Waals surface area contributed by atoms with Crippen LogP contribution >= 0.6 is 15.9 Å². The first-order valence-electron chi connectivity index (χ1n) is 4.90. The van der Waals surface area contributed by atoms with Crippen LogP contribution in [0.5, 0.6) is 0 Å². The Hall–Kier alpha value is -0.970. The maximum atomic E-state index is 13.3. The maximum absolute atomic E-state index is 13.3. The van der Waals surface area contributed by atoms with Crippen LogP contribution < -0.4 is 5.32 Å². The zero-order valence-electron chi connectivity index (χ0n) is 8.40. The summed E-state index contributed by atoms with van der Waals surface area (Å²) >= 11 is 3.28. The van der Waals surface area contributed by atoms with Crippen LogP contribution in [0, 0.1) is 11.6 Å². The Morgan fingerprint density at radius 3 is 2.69 bits per heavy atom. The average molecular weight is 290 g/mol. The molecule has 1 saturated carbocycles. The van der Waals surface area contributed by atoms with Gasteiger partial charge in [0.05, 0.1) is 11.1 Å². The van der Waals surface area contributed by atoms with Crippen LogP contribution in [0.25, 0.3) is 0 Å². The standard InChI is InChI=1S/C11H10BrF2NO/c12-6-11(3-4-11)15-10(16)8-5-7(13)1-2-9(8)14/h1-2,5H,3-4,6H2,(H,15,16). The van der Waals surface area contributed by atoms with Gasteiger partial charge in [0.15, 0.2) is 0 Å². The summed E-state index contributed by atoms with van der Waals surface area (Å²) in [6.45, 7) is 0. The van der Waals surface area contributed by atoms with E-state index < -0.39 is 17.5 Å². The molecule has 0 saturated heterocycles. The van der Waals surface area contributed by atoms with Crippen LogP contribution in [0.15, 0.2) is 18.2 Å². The summed E-state index contributed by atoms with van der Waals surface area (Å²) in [6, 6.07) is 2.86. The van der Waals surface area contributed by atoms with Crippen molar-refractivity contribution in [1.29, 1.82) is 0 Å². The summed E-state index contributed by atoms with van der Waals surface area (Å²) in [5.74, 6) is -1.88. The summed E-state index contributed by atoms with van der Waals surface area (Å²) in [6.07, 6.45) is 1.72. The van der Waals surface area contributed by atoms with Crippen LogP contribution in [0.4, 0.5) is 8.78 Å². The van der Waals surface area contributed by atoms with Gasteiger partial charge in [-0.25, -0.2) is 8.78 Å². The first-order valence-corrected chi connectivity index (χ1v) is 6.02. The molecule has 1 aliphatic rings. The Labute approximate surface area is 100 Å².